The zero-order valence-corrected chi connectivity index (χ0v) is 37.3. The molecule has 1 saturated heterocycles. The third-order valence-electron chi connectivity index (χ3n) is 9.81. The van der Waals surface area contributed by atoms with Crippen molar-refractivity contribution in [1.82, 2.24) is 25.2 Å². The number of ether oxygens (including phenoxy) is 1. The van der Waals surface area contributed by atoms with Crippen LogP contribution in [0.5, 0.6) is 0 Å². The van der Waals surface area contributed by atoms with Crippen molar-refractivity contribution in [2.45, 2.75) is 110 Å². The van der Waals surface area contributed by atoms with Crippen LogP contribution >= 0.6 is 21.6 Å². The summed E-state index contributed by atoms with van der Waals surface area (Å²) in [5.74, 6) is 3.32. The minimum absolute atomic E-state index is 0.0931. The minimum Gasteiger partial charge on any atom is -0.619 e. The highest BCUT2D eigenvalue weighted by molar-refractivity contribution is 8.76. The number of pyridine rings is 1. The molecule has 0 saturated carbocycles. The smallest absolute Gasteiger partial charge is 0.407 e. The average molecular weight is 859 g/mol. The van der Waals surface area contributed by atoms with E-state index in [0.717, 1.165) is 122 Å². The Labute approximate surface area is 365 Å². The van der Waals surface area contributed by atoms with Gasteiger partial charge in [0.1, 0.15) is 11.6 Å². The maximum atomic E-state index is 12.5. The topological polar surface area (TPSA) is 140 Å². The molecule has 0 bridgehead atoms. The maximum absolute atomic E-state index is 12.5. The molecular weight excluding hydrogens is 793 g/mol. The van der Waals surface area contributed by atoms with Gasteiger partial charge in [-0.3, -0.25) is 4.79 Å². The second-order valence-electron chi connectivity index (χ2n) is 14.5. The second kappa shape index (κ2) is 29.5. The fourth-order valence-corrected chi connectivity index (χ4v) is 8.45. The molecule has 4 rings (SSSR count). The van der Waals surface area contributed by atoms with E-state index in [9.17, 15) is 14.8 Å². The van der Waals surface area contributed by atoms with Gasteiger partial charge in [0.15, 0.2) is 18.0 Å². The molecule has 2 amide bonds. The molecule has 0 aromatic carbocycles. The quantitative estimate of drug-likeness (QED) is 0.0213. The van der Waals surface area contributed by atoms with Gasteiger partial charge in [-0.15, -0.1) is 0 Å². The molecular formula is C46H66N8O4S2. The van der Waals surface area contributed by atoms with Crippen LogP contribution in [0, 0.1) is 5.21 Å². The number of unbranched alkanes of at least 4 members (excludes halogenated alkanes) is 1. The van der Waals surface area contributed by atoms with Gasteiger partial charge in [0, 0.05) is 79.8 Å². The molecule has 3 N–H and O–H groups in total. The van der Waals surface area contributed by atoms with Crippen LogP contribution in [0.2, 0.25) is 0 Å². The number of fused-ring (bicyclic) bond motifs is 1. The standard InChI is InChI=1S/C46H66N8O4S2/c1-3-5-6-7-8-9-10-11-12-13-14-15-16-17-18-19-20-26-44(55)47-28-33-59-60-34-29-48-46(56)58-32-27-41-25-21-22-31-53(41)43-35-42(49-36-39-24-23-30-52(57)38-39)54-45(51-43)40(4-2)37-50-54/h5-6,8-9,11-12,14-15,17-18,23-24,30,35,37-38,41,49H,3-4,7,10,13,16,19-22,25-29,31-34,36H2,1-2H3,(H,47,55)(H,48,56)/b6-5-,9-8-,12-11-,15-14-,18-17-/t41-/m0/s1. The van der Waals surface area contributed by atoms with Crippen LogP contribution in [0.15, 0.2) is 97.5 Å². The van der Waals surface area contributed by atoms with Crippen molar-refractivity contribution in [3.63, 3.8) is 0 Å². The van der Waals surface area contributed by atoms with Crippen LogP contribution in [0.4, 0.5) is 16.4 Å². The lowest BCUT2D eigenvalue weighted by Gasteiger charge is -2.37. The molecule has 0 aliphatic carbocycles. The van der Waals surface area contributed by atoms with Crippen molar-refractivity contribution in [2.24, 2.45) is 0 Å². The number of rotatable bonds is 28. The van der Waals surface area contributed by atoms with E-state index in [0.29, 0.717) is 39.1 Å². The molecule has 4 heterocycles. The van der Waals surface area contributed by atoms with E-state index in [2.05, 4.69) is 101 Å². The van der Waals surface area contributed by atoms with Crippen molar-refractivity contribution in [1.29, 1.82) is 0 Å². The van der Waals surface area contributed by atoms with Gasteiger partial charge in [0.05, 0.1) is 12.8 Å². The summed E-state index contributed by atoms with van der Waals surface area (Å²) in [5, 5.41) is 25.7. The highest BCUT2D eigenvalue weighted by atomic mass is 33.1. The zero-order valence-electron chi connectivity index (χ0n) is 35.6. The Hall–Kier alpha value is -4.69. The molecule has 3 aromatic heterocycles. The van der Waals surface area contributed by atoms with Crippen LogP contribution in [0.1, 0.15) is 102 Å². The van der Waals surface area contributed by atoms with E-state index in [1.807, 2.05) is 22.8 Å². The van der Waals surface area contributed by atoms with E-state index < -0.39 is 6.09 Å². The monoisotopic (exact) mass is 858 g/mol. The number of aromatic nitrogens is 4. The summed E-state index contributed by atoms with van der Waals surface area (Å²) in [6.45, 7) is 7.05. The van der Waals surface area contributed by atoms with E-state index in [1.165, 1.54) is 6.20 Å². The SMILES string of the molecule is CC/C=C\C/C=C\C/C=C\C/C=C\C/C=C\CCCC(=O)NCCSSCCNC(=O)OCC[C@@H]1CCCCN1c1cc(NCc2ccc[n+]([O-])c2)n2ncc(CC)c2n1. The third-order valence-corrected chi connectivity index (χ3v) is 12.2. The number of anilines is 2. The van der Waals surface area contributed by atoms with Crippen LogP contribution in [0.25, 0.3) is 5.65 Å². The Morgan fingerprint density at radius 3 is 2.35 bits per heavy atom. The fourth-order valence-electron chi connectivity index (χ4n) is 6.64. The number of hydrogen-bond acceptors (Lipinski definition) is 10. The molecule has 0 radical (unpaired) electrons. The fraction of sp³-hybridized carbons (Fsp3) is 0.500. The molecule has 1 fully saturated rings. The van der Waals surface area contributed by atoms with Gasteiger partial charge in [-0.1, -0.05) is 96.2 Å². The summed E-state index contributed by atoms with van der Waals surface area (Å²) in [6.07, 6.45) is 38.3. The highest BCUT2D eigenvalue weighted by Gasteiger charge is 2.25. The highest BCUT2D eigenvalue weighted by Crippen LogP contribution is 2.29. The molecule has 14 heteroatoms. The average Bonchev–Trinajstić information content (AvgIpc) is 3.68. The number of alkyl carbamates (subject to hydrolysis) is 1. The first-order valence-electron chi connectivity index (χ1n) is 21.7. The summed E-state index contributed by atoms with van der Waals surface area (Å²) >= 11 is 0. The van der Waals surface area contributed by atoms with Gasteiger partial charge in [-0.05, 0) is 76.7 Å². The summed E-state index contributed by atoms with van der Waals surface area (Å²) < 4.78 is 8.22. The number of aryl methyl sites for hydroxylation is 1. The molecule has 326 valence electrons. The number of hydrogen-bond donors (Lipinski definition) is 3. The van der Waals surface area contributed by atoms with E-state index >= 15 is 0 Å². The molecule has 3 aromatic rings. The normalized spacial score (nSPS) is 14.8. The van der Waals surface area contributed by atoms with E-state index in [1.54, 1.807) is 33.9 Å². The maximum Gasteiger partial charge on any atom is 0.407 e. The number of piperidine rings is 1. The Morgan fingerprint density at radius 1 is 0.950 bits per heavy atom. The number of nitrogens with zero attached hydrogens (tertiary/aromatic N) is 5. The lowest BCUT2D eigenvalue weighted by Crippen LogP contribution is -2.41. The first-order valence-corrected chi connectivity index (χ1v) is 24.2. The molecule has 1 aliphatic rings. The van der Waals surface area contributed by atoms with E-state index in [-0.39, 0.29) is 11.9 Å². The summed E-state index contributed by atoms with van der Waals surface area (Å²) in [6, 6.07) is 5.87. The number of amides is 2. The molecule has 0 unspecified atom stereocenters. The van der Waals surface area contributed by atoms with Crippen molar-refractivity contribution >= 4 is 50.9 Å². The first kappa shape index (κ1) is 48.0. The number of carbonyl (C=O) groups is 2. The molecule has 12 nitrogen and oxygen atoms in total. The Bertz CT molecular complexity index is 1860. The Balaban J connectivity index is 1.02. The lowest BCUT2D eigenvalue weighted by molar-refractivity contribution is -0.605. The van der Waals surface area contributed by atoms with Crippen LogP contribution in [-0.4, -0.2) is 70.4 Å². The predicted molar refractivity (Wildman–Crippen MR) is 250 cm³/mol. The second-order valence-corrected chi connectivity index (χ2v) is 17.2. The first-order chi connectivity index (χ1) is 29.5. The predicted octanol–water partition coefficient (Wildman–Crippen LogP) is 9.43. The van der Waals surface area contributed by atoms with Crippen molar-refractivity contribution in [3.05, 3.63) is 114 Å². The Morgan fingerprint density at radius 2 is 1.65 bits per heavy atom. The number of allylic oxidation sites excluding steroid dienone is 10. The third kappa shape index (κ3) is 18.7. The van der Waals surface area contributed by atoms with E-state index in [4.69, 9.17) is 9.72 Å². The Kier molecular flexibility index (Phi) is 23.6. The number of carbonyl (C=O) groups excluding carboxylic acids is 2. The number of nitrogens with one attached hydrogen (secondary N) is 3. The lowest BCUT2D eigenvalue weighted by atomic mass is 9.99. The van der Waals surface area contributed by atoms with Gasteiger partial charge in [-0.25, -0.2) is 9.78 Å². The van der Waals surface area contributed by atoms with Gasteiger partial charge >= 0.3 is 6.09 Å². The molecule has 1 atom stereocenters. The van der Waals surface area contributed by atoms with Crippen LogP contribution in [-0.2, 0) is 22.5 Å². The van der Waals surface area contributed by atoms with Gasteiger partial charge in [0.25, 0.3) is 0 Å². The van der Waals surface area contributed by atoms with Crippen molar-refractivity contribution in [2.75, 3.05) is 48.0 Å². The zero-order chi connectivity index (χ0) is 42.5. The molecule has 60 heavy (non-hydrogen) atoms. The molecule has 0 spiro atoms. The van der Waals surface area contributed by atoms with Crippen LogP contribution in [0.3, 0.4) is 0 Å². The van der Waals surface area contributed by atoms with Crippen molar-refractivity contribution in [3.8, 4) is 0 Å². The van der Waals surface area contributed by atoms with Gasteiger partial charge < -0.3 is 30.8 Å². The van der Waals surface area contributed by atoms with Crippen LogP contribution < -0.4 is 25.6 Å². The molecule has 1 aliphatic heterocycles. The minimum atomic E-state index is -0.405. The van der Waals surface area contributed by atoms with Gasteiger partial charge in [-0.2, -0.15) is 14.3 Å². The summed E-state index contributed by atoms with van der Waals surface area (Å²) in [7, 11) is 3.36. The van der Waals surface area contributed by atoms with Crippen molar-refractivity contribution < 1.29 is 19.1 Å². The largest absolute Gasteiger partial charge is 0.619 e. The van der Waals surface area contributed by atoms with Gasteiger partial charge in [0.2, 0.25) is 5.91 Å². The summed E-state index contributed by atoms with van der Waals surface area (Å²) in [4.78, 5) is 32.1. The summed E-state index contributed by atoms with van der Waals surface area (Å²) in [5.41, 5.74) is 2.74.